The number of nitrogens with one attached hydrogen (secondary N) is 1. The number of hydrogen-bond donors (Lipinski definition) is 1. The highest BCUT2D eigenvalue weighted by Crippen LogP contribution is 2.18. The van der Waals surface area contributed by atoms with Crippen LogP contribution in [0.1, 0.15) is 46.5 Å². The molecular weight excluding hydrogens is 174 g/mol. The third-order valence-corrected chi connectivity index (χ3v) is 3.27. The van der Waals surface area contributed by atoms with Gasteiger partial charge in [0.15, 0.2) is 0 Å². The van der Waals surface area contributed by atoms with Crippen LogP contribution < -0.4 is 5.32 Å². The summed E-state index contributed by atoms with van der Waals surface area (Å²) < 4.78 is 5.48. The maximum atomic E-state index is 5.48. The van der Waals surface area contributed by atoms with Crippen LogP contribution in [0.5, 0.6) is 0 Å². The van der Waals surface area contributed by atoms with Crippen molar-refractivity contribution in [1.82, 2.24) is 5.32 Å². The zero-order valence-electron chi connectivity index (χ0n) is 10.5. The van der Waals surface area contributed by atoms with Crippen molar-refractivity contribution in [1.29, 1.82) is 0 Å². The first-order valence-electron chi connectivity index (χ1n) is 5.93. The Balaban J connectivity index is 4.10. The molecular formula is C12H27NO. The van der Waals surface area contributed by atoms with Gasteiger partial charge in [0.05, 0.1) is 6.10 Å². The summed E-state index contributed by atoms with van der Waals surface area (Å²) in [6.45, 7) is 6.73. The van der Waals surface area contributed by atoms with E-state index in [1.54, 1.807) is 0 Å². The Morgan fingerprint density at radius 3 is 1.93 bits per heavy atom. The highest BCUT2D eigenvalue weighted by atomic mass is 16.5. The SMILES string of the molecule is CCC(CC)CC(NC)C(CC)OC. The first kappa shape index (κ1) is 13.9. The summed E-state index contributed by atoms with van der Waals surface area (Å²) in [6, 6.07) is 0.509. The molecule has 0 saturated heterocycles. The molecule has 86 valence electrons. The lowest BCUT2D eigenvalue weighted by atomic mass is 9.91. The number of methoxy groups -OCH3 is 1. The zero-order chi connectivity index (χ0) is 11.0. The van der Waals surface area contributed by atoms with E-state index in [2.05, 4.69) is 26.1 Å². The monoisotopic (exact) mass is 201 g/mol. The van der Waals surface area contributed by atoms with Gasteiger partial charge in [-0.25, -0.2) is 0 Å². The fourth-order valence-electron chi connectivity index (χ4n) is 2.05. The topological polar surface area (TPSA) is 21.3 Å². The second-order valence-corrected chi connectivity index (χ2v) is 4.00. The van der Waals surface area contributed by atoms with Gasteiger partial charge < -0.3 is 10.1 Å². The molecule has 2 heteroatoms. The standard InChI is InChI=1S/C12H27NO/c1-6-10(7-2)9-11(13-4)12(8-3)14-5/h10-13H,6-9H2,1-5H3. The molecule has 1 N–H and O–H groups in total. The Morgan fingerprint density at radius 2 is 1.64 bits per heavy atom. The minimum absolute atomic E-state index is 0.362. The van der Waals surface area contributed by atoms with Gasteiger partial charge in [-0.05, 0) is 25.8 Å². The quantitative estimate of drug-likeness (QED) is 0.652. The molecule has 0 spiro atoms. The van der Waals surface area contributed by atoms with E-state index >= 15 is 0 Å². The molecule has 0 aromatic heterocycles. The molecule has 0 aromatic carbocycles. The molecule has 0 amide bonds. The van der Waals surface area contributed by atoms with Crippen LogP contribution in [0, 0.1) is 5.92 Å². The van der Waals surface area contributed by atoms with Gasteiger partial charge in [-0.1, -0.05) is 33.6 Å². The van der Waals surface area contributed by atoms with Crippen molar-refractivity contribution in [3.8, 4) is 0 Å². The minimum atomic E-state index is 0.362. The third kappa shape index (κ3) is 4.43. The Kier molecular flexibility index (Phi) is 8.20. The largest absolute Gasteiger partial charge is 0.380 e. The molecule has 2 atom stereocenters. The maximum Gasteiger partial charge on any atom is 0.0721 e. The molecule has 2 nitrogen and oxygen atoms in total. The lowest BCUT2D eigenvalue weighted by molar-refractivity contribution is 0.0588. The van der Waals surface area contributed by atoms with Crippen molar-refractivity contribution in [3.05, 3.63) is 0 Å². The van der Waals surface area contributed by atoms with Gasteiger partial charge in [-0.3, -0.25) is 0 Å². The van der Waals surface area contributed by atoms with Crippen LogP contribution in [0.3, 0.4) is 0 Å². The number of likely N-dealkylation sites (N-methyl/N-ethyl adjacent to an activating group) is 1. The van der Waals surface area contributed by atoms with Crippen molar-refractivity contribution >= 4 is 0 Å². The van der Waals surface area contributed by atoms with E-state index < -0.39 is 0 Å². The molecule has 0 fully saturated rings. The van der Waals surface area contributed by atoms with E-state index in [1.165, 1.54) is 19.3 Å². The minimum Gasteiger partial charge on any atom is -0.380 e. The molecule has 2 unspecified atom stereocenters. The molecule has 0 aliphatic rings. The van der Waals surface area contributed by atoms with Crippen LogP contribution in [-0.4, -0.2) is 26.3 Å². The predicted octanol–water partition coefficient (Wildman–Crippen LogP) is 2.83. The molecule has 0 saturated carbocycles. The highest BCUT2D eigenvalue weighted by molar-refractivity contribution is 4.77. The molecule has 0 aromatic rings. The fraction of sp³-hybridized carbons (Fsp3) is 1.00. The Morgan fingerprint density at radius 1 is 1.07 bits per heavy atom. The van der Waals surface area contributed by atoms with Crippen LogP contribution in [0.2, 0.25) is 0 Å². The second-order valence-electron chi connectivity index (χ2n) is 4.00. The summed E-state index contributed by atoms with van der Waals surface area (Å²) in [6.07, 6.45) is 5.22. The molecule has 0 rings (SSSR count). The van der Waals surface area contributed by atoms with Gasteiger partial charge in [-0.15, -0.1) is 0 Å². The van der Waals surface area contributed by atoms with Crippen molar-refractivity contribution in [2.75, 3.05) is 14.2 Å². The van der Waals surface area contributed by atoms with E-state index in [-0.39, 0.29) is 0 Å². The summed E-state index contributed by atoms with van der Waals surface area (Å²) in [4.78, 5) is 0. The Hall–Kier alpha value is -0.0800. The van der Waals surface area contributed by atoms with E-state index in [1.807, 2.05) is 14.2 Å². The summed E-state index contributed by atoms with van der Waals surface area (Å²) in [7, 11) is 3.85. The molecule has 0 heterocycles. The molecule has 0 bridgehead atoms. The Labute approximate surface area is 89.4 Å². The van der Waals surface area contributed by atoms with Crippen LogP contribution in [0.4, 0.5) is 0 Å². The zero-order valence-corrected chi connectivity index (χ0v) is 10.5. The summed E-state index contributed by atoms with van der Waals surface area (Å²) in [5.41, 5.74) is 0. The smallest absolute Gasteiger partial charge is 0.0721 e. The lowest BCUT2D eigenvalue weighted by Crippen LogP contribution is -2.39. The maximum absolute atomic E-state index is 5.48. The molecule has 0 aliphatic carbocycles. The Bertz CT molecular complexity index is 119. The number of ether oxygens (including phenoxy) is 1. The number of hydrogen-bond acceptors (Lipinski definition) is 2. The second kappa shape index (κ2) is 8.25. The van der Waals surface area contributed by atoms with Gasteiger partial charge in [-0.2, -0.15) is 0 Å². The van der Waals surface area contributed by atoms with Crippen molar-refractivity contribution in [3.63, 3.8) is 0 Å². The third-order valence-electron chi connectivity index (χ3n) is 3.27. The molecule has 14 heavy (non-hydrogen) atoms. The van der Waals surface area contributed by atoms with Crippen LogP contribution in [-0.2, 0) is 4.74 Å². The van der Waals surface area contributed by atoms with Gasteiger partial charge >= 0.3 is 0 Å². The van der Waals surface area contributed by atoms with E-state index in [4.69, 9.17) is 4.74 Å². The van der Waals surface area contributed by atoms with Crippen LogP contribution in [0.15, 0.2) is 0 Å². The number of rotatable bonds is 8. The summed E-state index contributed by atoms with van der Waals surface area (Å²) in [5.74, 6) is 0.830. The van der Waals surface area contributed by atoms with Crippen molar-refractivity contribution < 1.29 is 4.74 Å². The first-order valence-corrected chi connectivity index (χ1v) is 5.93. The predicted molar refractivity (Wildman–Crippen MR) is 62.6 cm³/mol. The van der Waals surface area contributed by atoms with Crippen LogP contribution in [0.25, 0.3) is 0 Å². The van der Waals surface area contributed by atoms with Gasteiger partial charge in [0, 0.05) is 13.2 Å². The first-order chi connectivity index (χ1) is 6.73. The van der Waals surface area contributed by atoms with E-state index in [0.717, 1.165) is 12.3 Å². The van der Waals surface area contributed by atoms with Gasteiger partial charge in [0.1, 0.15) is 0 Å². The molecule has 0 radical (unpaired) electrons. The average molecular weight is 201 g/mol. The van der Waals surface area contributed by atoms with Crippen molar-refractivity contribution in [2.24, 2.45) is 5.92 Å². The van der Waals surface area contributed by atoms with E-state index in [9.17, 15) is 0 Å². The van der Waals surface area contributed by atoms with Crippen LogP contribution >= 0.6 is 0 Å². The van der Waals surface area contributed by atoms with Crippen molar-refractivity contribution in [2.45, 2.75) is 58.6 Å². The average Bonchev–Trinajstić information content (AvgIpc) is 2.24. The highest BCUT2D eigenvalue weighted by Gasteiger charge is 2.20. The normalized spacial score (nSPS) is 15.9. The van der Waals surface area contributed by atoms with E-state index in [0.29, 0.717) is 12.1 Å². The summed E-state index contributed by atoms with van der Waals surface area (Å²) in [5, 5.41) is 3.38. The fourth-order valence-corrected chi connectivity index (χ4v) is 2.05. The van der Waals surface area contributed by atoms with Gasteiger partial charge in [0.2, 0.25) is 0 Å². The van der Waals surface area contributed by atoms with Gasteiger partial charge in [0.25, 0.3) is 0 Å². The summed E-state index contributed by atoms with van der Waals surface area (Å²) >= 11 is 0. The molecule has 0 aliphatic heterocycles. The lowest BCUT2D eigenvalue weighted by Gasteiger charge is -2.27.